The van der Waals surface area contributed by atoms with E-state index in [0.717, 1.165) is 21.4 Å². The summed E-state index contributed by atoms with van der Waals surface area (Å²) in [4.78, 5) is 0. The Bertz CT molecular complexity index is 762. The van der Waals surface area contributed by atoms with Gasteiger partial charge in [0.05, 0.1) is 25.9 Å². The number of ether oxygens (including phenoxy) is 4. The van der Waals surface area contributed by atoms with Crippen molar-refractivity contribution in [2.75, 3.05) is 13.2 Å². The van der Waals surface area contributed by atoms with E-state index in [0.29, 0.717) is 26.2 Å². The van der Waals surface area contributed by atoms with Crippen LogP contribution in [0.25, 0.3) is 10.8 Å². The molecular formula is C20H21ClO4. The summed E-state index contributed by atoms with van der Waals surface area (Å²) in [6.45, 7) is 5.39. The topological polar surface area (TPSA) is 36.9 Å². The Morgan fingerprint density at radius 1 is 1.20 bits per heavy atom. The van der Waals surface area contributed by atoms with Crippen LogP contribution in [0.4, 0.5) is 0 Å². The zero-order valence-electron chi connectivity index (χ0n) is 13.9. The van der Waals surface area contributed by atoms with Crippen LogP contribution in [0.2, 0.25) is 5.02 Å². The van der Waals surface area contributed by atoms with Gasteiger partial charge in [0.25, 0.3) is 0 Å². The Kier molecular flexibility index (Phi) is 5.06. The van der Waals surface area contributed by atoms with Gasteiger partial charge in [-0.15, -0.1) is 6.58 Å². The predicted molar refractivity (Wildman–Crippen MR) is 96.7 cm³/mol. The Labute approximate surface area is 152 Å². The van der Waals surface area contributed by atoms with Gasteiger partial charge in [0.1, 0.15) is 12.2 Å². The molecule has 0 amide bonds. The molecule has 132 valence electrons. The molecule has 2 aliphatic rings. The van der Waals surface area contributed by atoms with E-state index in [4.69, 9.17) is 30.5 Å². The molecule has 0 aliphatic carbocycles. The zero-order chi connectivity index (χ0) is 17.2. The van der Waals surface area contributed by atoms with Gasteiger partial charge in [0.15, 0.2) is 6.29 Å². The molecule has 0 aromatic heterocycles. The highest BCUT2D eigenvalue weighted by atomic mass is 35.5. The molecule has 0 bridgehead atoms. The van der Waals surface area contributed by atoms with Gasteiger partial charge in [-0.3, -0.25) is 0 Å². The maximum atomic E-state index is 6.30. The molecule has 5 heteroatoms. The molecule has 0 N–H and O–H groups in total. The molecule has 4 rings (SSSR count). The van der Waals surface area contributed by atoms with E-state index in [1.165, 1.54) is 0 Å². The quantitative estimate of drug-likeness (QED) is 0.752. The lowest BCUT2D eigenvalue weighted by molar-refractivity contribution is -0.221. The first-order valence-electron chi connectivity index (χ1n) is 8.54. The second-order valence-electron chi connectivity index (χ2n) is 6.34. The second kappa shape index (κ2) is 7.44. The maximum Gasteiger partial charge on any atom is 0.186 e. The summed E-state index contributed by atoms with van der Waals surface area (Å²) in [5, 5.41) is 2.90. The van der Waals surface area contributed by atoms with Gasteiger partial charge in [-0.25, -0.2) is 0 Å². The minimum atomic E-state index is -0.352. The summed E-state index contributed by atoms with van der Waals surface area (Å²) in [6, 6.07) is 12.1. The van der Waals surface area contributed by atoms with Crippen LogP contribution in [0.1, 0.15) is 12.0 Å². The number of hydrogen-bond donors (Lipinski definition) is 0. The Balaban J connectivity index is 1.50. The third-order valence-corrected chi connectivity index (χ3v) is 5.01. The summed E-state index contributed by atoms with van der Waals surface area (Å²) < 4.78 is 23.6. The summed E-state index contributed by atoms with van der Waals surface area (Å²) in [7, 11) is 0. The van der Waals surface area contributed by atoms with E-state index in [1.807, 2.05) is 18.2 Å². The molecule has 0 spiro atoms. The van der Waals surface area contributed by atoms with Gasteiger partial charge in [0.2, 0.25) is 0 Å². The first kappa shape index (κ1) is 17.0. The Morgan fingerprint density at radius 3 is 2.96 bits per heavy atom. The monoisotopic (exact) mass is 360 g/mol. The van der Waals surface area contributed by atoms with Gasteiger partial charge >= 0.3 is 0 Å². The molecule has 2 fully saturated rings. The SMILES string of the molecule is C=CC[C@H]1O[C@@H]2OCCO[C@@H]2[C@H]1OCc1ccc2cccc(Cl)c2c1. The Hall–Kier alpha value is -1.43. The van der Waals surface area contributed by atoms with Crippen molar-refractivity contribution in [3.63, 3.8) is 0 Å². The highest BCUT2D eigenvalue weighted by Gasteiger charge is 2.47. The van der Waals surface area contributed by atoms with Crippen LogP contribution in [0.15, 0.2) is 49.1 Å². The van der Waals surface area contributed by atoms with Crippen molar-refractivity contribution in [1.29, 1.82) is 0 Å². The molecule has 4 atom stereocenters. The molecule has 25 heavy (non-hydrogen) atoms. The lowest BCUT2D eigenvalue weighted by atomic mass is 10.1. The zero-order valence-corrected chi connectivity index (χ0v) is 14.7. The lowest BCUT2D eigenvalue weighted by Gasteiger charge is -2.28. The fraction of sp³-hybridized carbons (Fsp3) is 0.400. The molecule has 2 aliphatic heterocycles. The molecule has 4 nitrogen and oxygen atoms in total. The van der Waals surface area contributed by atoms with Crippen LogP contribution >= 0.6 is 11.6 Å². The highest BCUT2D eigenvalue weighted by molar-refractivity contribution is 6.35. The normalized spacial score (nSPS) is 28.8. The van der Waals surface area contributed by atoms with E-state index in [2.05, 4.69) is 30.8 Å². The third-order valence-electron chi connectivity index (χ3n) is 4.68. The van der Waals surface area contributed by atoms with Crippen LogP contribution < -0.4 is 0 Å². The number of hydrogen-bond acceptors (Lipinski definition) is 4. The number of fused-ring (bicyclic) bond motifs is 2. The average Bonchev–Trinajstić information content (AvgIpc) is 2.98. The van der Waals surface area contributed by atoms with Crippen LogP contribution in [-0.4, -0.2) is 37.8 Å². The largest absolute Gasteiger partial charge is 0.368 e. The number of benzene rings is 2. The standard InChI is InChI=1S/C20H21ClO4/c1-2-4-17-18(19-20(25-17)23-10-9-22-19)24-12-13-7-8-14-5-3-6-16(21)15(14)11-13/h2-3,5-8,11,17-20H,1,4,9-10,12H2/t17-,18+,19-,20+/m1/s1. The number of halogens is 1. The minimum Gasteiger partial charge on any atom is -0.368 e. The average molecular weight is 361 g/mol. The molecule has 2 heterocycles. The van der Waals surface area contributed by atoms with Gasteiger partial charge in [-0.05, 0) is 29.5 Å². The van der Waals surface area contributed by atoms with E-state index >= 15 is 0 Å². The predicted octanol–water partition coefficient (Wildman–Crippen LogP) is 4.09. The molecule has 2 saturated heterocycles. The van der Waals surface area contributed by atoms with E-state index in [9.17, 15) is 0 Å². The first-order valence-corrected chi connectivity index (χ1v) is 8.92. The Morgan fingerprint density at radius 2 is 2.08 bits per heavy atom. The van der Waals surface area contributed by atoms with Crippen molar-refractivity contribution in [2.45, 2.75) is 37.6 Å². The summed E-state index contributed by atoms with van der Waals surface area (Å²) in [5.41, 5.74) is 1.07. The third kappa shape index (κ3) is 3.46. The molecule has 2 aromatic rings. The molecular weight excluding hydrogens is 340 g/mol. The van der Waals surface area contributed by atoms with Crippen molar-refractivity contribution >= 4 is 22.4 Å². The van der Waals surface area contributed by atoms with E-state index in [1.54, 1.807) is 0 Å². The van der Waals surface area contributed by atoms with Gasteiger partial charge in [-0.2, -0.15) is 0 Å². The number of rotatable bonds is 5. The van der Waals surface area contributed by atoms with Crippen LogP contribution in [0.5, 0.6) is 0 Å². The van der Waals surface area contributed by atoms with Crippen molar-refractivity contribution < 1.29 is 18.9 Å². The van der Waals surface area contributed by atoms with E-state index in [-0.39, 0.29) is 24.6 Å². The molecule has 0 unspecified atom stereocenters. The lowest BCUT2D eigenvalue weighted by Crippen LogP contribution is -2.42. The first-order chi connectivity index (χ1) is 12.3. The van der Waals surface area contributed by atoms with Gasteiger partial charge in [-0.1, -0.05) is 41.9 Å². The van der Waals surface area contributed by atoms with Gasteiger partial charge < -0.3 is 18.9 Å². The fourth-order valence-corrected chi connectivity index (χ4v) is 3.71. The van der Waals surface area contributed by atoms with E-state index < -0.39 is 0 Å². The summed E-state index contributed by atoms with van der Waals surface area (Å²) in [6.07, 6.45) is 1.72. The summed E-state index contributed by atoms with van der Waals surface area (Å²) >= 11 is 6.30. The van der Waals surface area contributed by atoms with Crippen LogP contribution in [-0.2, 0) is 25.6 Å². The van der Waals surface area contributed by atoms with Crippen molar-refractivity contribution in [2.24, 2.45) is 0 Å². The van der Waals surface area contributed by atoms with Crippen LogP contribution in [0, 0.1) is 0 Å². The molecule has 0 radical (unpaired) electrons. The van der Waals surface area contributed by atoms with Crippen molar-refractivity contribution in [3.05, 3.63) is 59.6 Å². The smallest absolute Gasteiger partial charge is 0.186 e. The molecule has 0 saturated carbocycles. The second-order valence-corrected chi connectivity index (χ2v) is 6.75. The fourth-order valence-electron chi connectivity index (χ4n) is 3.47. The highest BCUT2D eigenvalue weighted by Crippen LogP contribution is 2.32. The summed E-state index contributed by atoms with van der Waals surface area (Å²) in [5.74, 6) is 0. The minimum absolute atomic E-state index is 0.102. The maximum absolute atomic E-state index is 6.30. The van der Waals surface area contributed by atoms with Crippen LogP contribution in [0.3, 0.4) is 0 Å². The van der Waals surface area contributed by atoms with Crippen molar-refractivity contribution in [3.8, 4) is 0 Å². The van der Waals surface area contributed by atoms with Gasteiger partial charge in [0, 0.05) is 10.4 Å². The molecule has 2 aromatic carbocycles. The van der Waals surface area contributed by atoms with Crippen molar-refractivity contribution in [1.82, 2.24) is 0 Å².